The fourth-order valence-electron chi connectivity index (χ4n) is 7.70. The normalized spacial score (nSPS) is 39.5. The number of esters is 1. The van der Waals surface area contributed by atoms with Gasteiger partial charge in [-0.2, -0.15) is 0 Å². The number of carbonyl (C=O) groups is 2. The summed E-state index contributed by atoms with van der Waals surface area (Å²) in [6, 6.07) is 0. The molecule has 4 rings (SSSR count). The van der Waals surface area contributed by atoms with Crippen molar-refractivity contribution in [2.75, 3.05) is 6.61 Å². The molecule has 8 atom stereocenters. The number of rotatable bonds is 9. The molecule has 6 nitrogen and oxygen atoms in total. The summed E-state index contributed by atoms with van der Waals surface area (Å²) in [6.45, 7) is 9.66. The van der Waals surface area contributed by atoms with E-state index in [0.717, 1.165) is 19.3 Å². The first-order chi connectivity index (χ1) is 18.0. The van der Waals surface area contributed by atoms with E-state index in [1.165, 1.54) is 18.9 Å². The van der Waals surface area contributed by atoms with Gasteiger partial charge in [0.15, 0.2) is 17.5 Å². The van der Waals surface area contributed by atoms with Gasteiger partial charge in [-0.1, -0.05) is 83.1 Å². The molecule has 0 aliphatic heterocycles. The van der Waals surface area contributed by atoms with Crippen LogP contribution in [0, 0.1) is 34.5 Å². The van der Waals surface area contributed by atoms with Crippen LogP contribution in [0.1, 0.15) is 66.7 Å². The first kappa shape index (κ1) is 28.7. The molecule has 3 N–H and O–H groups in total. The van der Waals surface area contributed by atoms with Crippen molar-refractivity contribution in [3.05, 3.63) is 59.8 Å². The van der Waals surface area contributed by atoms with E-state index in [-0.39, 0.29) is 28.6 Å². The largest absolute Gasteiger partial charge is 0.451 e. The number of carbonyl (C=O) groups excluding carboxylic acids is 2. The zero-order valence-corrected chi connectivity index (χ0v) is 23.4. The molecule has 38 heavy (non-hydrogen) atoms. The van der Waals surface area contributed by atoms with Crippen LogP contribution in [0.25, 0.3) is 0 Å². The van der Waals surface area contributed by atoms with Crippen molar-refractivity contribution in [1.82, 2.24) is 0 Å². The lowest BCUT2D eigenvalue weighted by Gasteiger charge is -2.48. The fraction of sp³-hybridized carbons (Fsp3) is 0.625. The summed E-state index contributed by atoms with van der Waals surface area (Å²) in [7, 11) is 0. The van der Waals surface area contributed by atoms with Crippen molar-refractivity contribution in [2.24, 2.45) is 34.5 Å². The monoisotopic (exact) mass is 524 g/mol. The van der Waals surface area contributed by atoms with Crippen molar-refractivity contribution in [3.63, 3.8) is 0 Å². The molecule has 0 aromatic rings. The minimum atomic E-state index is -2.11. The van der Waals surface area contributed by atoms with E-state index in [1.807, 2.05) is 19.1 Å². The molecule has 0 aromatic heterocycles. The Kier molecular flexibility index (Phi) is 8.09. The molecule has 1 spiro atoms. The lowest BCUT2D eigenvalue weighted by molar-refractivity contribution is -0.201. The minimum absolute atomic E-state index is 0.0348. The Hall–Kier alpha value is -2.28. The van der Waals surface area contributed by atoms with Gasteiger partial charge in [0.25, 0.3) is 0 Å². The maximum Gasteiger partial charge on any atom is 0.331 e. The van der Waals surface area contributed by atoms with Crippen LogP contribution in [0.2, 0.25) is 0 Å². The molecule has 4 aliphatic rings. The zero-order chi connectivity index (χ0) is 27.9. The van der Waals surface area contributed by atoms with E-state index >= 15 is 0 Å². The van der Waals surface area contributed by atoms with Crippen molar-refractivity contribution >= 4 is 11.8 Å². The van der Waals surface area contributed by atoms with Gasteiger partial charge in [0.2, 0.25) is 0 Å². The molecule has 2 fully saturated rings. The summed E-state index contributed by atoms with van der Waals surface area (Å²) >= 11 is 0. The second kappa shape index (κ2) is 10.7. The highest BCUT2D eigenvalue weighted by atomic mass is 16.6. The number of allylic oxidation sites excluding steroid dienone is 6. The van der Waals surface area contributed by atoms with E-state index in [2.05, 4.69) is 26.8 Å². The highest BCUT2D eigenvalue weighted by molar-refractivity contribution is 5.95. The quantitative estimate of drug-likeness (QED) is 0.134. The molecule has 6 heteroatoms. The lowest BCUT2D eigenvalue weighted by atomic mass is 9.59. The van der Waals surface area contributed by atoms with E-state index in [0.29, 0.717) is 11.5 Å². The first-order valence-corrected chi connectivity index (χ1v) is 14.1. The number of hydrogen-bond acceptors (Lipinski definition) is 6. The van der Waals surface area contributed by atoms with Gasteiger partial charge in [-0.3, -0.25) is 4.79 Å². The minimum Gasteiger partial charge on any atom is -0.451 e. The highest BCUT2D eigenvalue weighted by Gasteiger charge is 2.76. The van der Waals surface area contributed by atoms with Crippen LogP contribution in [0.3, 0.4) is 0 Å². The van der Waals surface area contributed by atoms with Gasteiger partial charge in [0, 0.05) is 12.0 Å². The van der Waals surface area contributed by atoms with Crippen LogP contribution in [0.15, 0.2) is 59.8 Å². The average molecular weight is 525 g/mol. The van der Waals surface area contributed by atoms with Crippen LogP contribution in [0.4, 0.5) is 0 Å². The van der Waals surface area contributed by atoms with Gasteiger partial charge in [-0.05, 0) is 60.5 Å². The second-order valence-electron chi connectivity index (χ2n) is 12.4. The number of Topliss-reactive ketones (excluding diaryl/α,β-unsaturated/α-hetero) is 1. The van der Waals surface area contributed by atoms with Gasteiger partial charge in [0.1, 0.15) is 6.10 Å². The number of ketones is 1. The Bertz CT molecular complexity index is 1090. The van der Waals surface area contributed by atoms with Gasteiger partial charge in [-0.15, -0.1) is 0 Å². The summed E-state index contributed by atoms with van der Waals surface area (Å²) in [5.41, 5.74) is -2.83. The van der Waals surface area contributed by atoms with Crippen LogP contribution >= 0.6 is 0 Å². The van der Waals surface area contributed by atoms with Gasteiger partial charge >= 0.3 is 5.97 Å². The summed E-state index contributed by atoms with van der Waals surface area (Å²) in [5, 5.41) is 34.1. The molecular weight excluding hydrogens is 480 g/mol. The topological polar surface area (TPSA) is 104 Å². The molecule has 8 unspecified atom stereocenters. The van der Waals surface area contributed by atoms with E-state index in [1.54, 1.807) is 31.2 Å². The number of aliphatic hydroxyl groups excluding tert-OH is 2. The van der Waals surface area contributed by atoms with Crippen molar-refractivity contribution in [1.29, 1.82) is 0 Å². The molecule has 0 heterocycles. The Morgan fingerprint density at radius 2 is 1.89 bits per heavy atom. The Morgan fingerprint density at radius 1 is 1.18 bits per heavy atom. The maximum absolute atomic E-state index is 14.3. The zero-order valence-electron chi connectivity index (χ0n) is 23.4. The molecule has 0 amide bonds. The first-order valence-electron chi connectivity index (χ1n) is 14.1. The van der Waals surface area contributed by atoms with Gasteiger partial charge in [-0.25, -0.2) is 4.79 Å². The summed E-state index contributed by atoms with van der Waals surface area (Å²) in [6.07, 6.45) is 16.4. The molecule has 4 aliphatic carbocycles. The third kappa shape index (κ3) is 4.39. The molecule has 0 radical (unpaired) electrons. The number of unbranched alkanes of at least 4 members (excludes halogenated alkanes) is 3. The Balaban J connectivity index is 1.59. The average Bonchev–Trinajstić information content (AvgIpc) is 3.36. The number of aliphatic hydroxyl groups is 3. The predicted octanol–water partition coefficient (Wildman–Crippen LogP) is 4.62. The fourth-order valence-corrected chi connectivity index (χ4v) is 7.70. The summed E-state index contributed by atoms with van der Waals surface area (Å²) in [4.78, 5) is 27.1. The summed E-state index contributed by atoms with van der Waals surface area (Å²) < 4.78 is 5.77. The van der Waals surface area contributed by atoms with E-state index in [4.69, 9.17) is 4.74 Å². The number of hydrogen-bond donors (Lipinski definition) is 3. The Morgan fingerprint density at radius 3 is 2.58 bits per heavy atom. The summed E-state index contributed by atoms with van der Waals surface area (Å²) in [5.74, 6) is -1.27. The lowest BCUT2D eigenvalue weighted by Crippen LogP contribution is -2.65. The molecule has 0 saturated heterocycles. The van der Waals surface area contributed by atoms with Gasteiger partial charge in [0.05, 0.1) is 12.0 Å². The second-order valence-corrected chi connectivity index (χ2v) is 12.4. The third-order valence-electron chi connectivity index (χ3n) is 9.81. The molecule has 2 saturated carbocycles. The van der Waals surface area contributed by atoms with Crippen molar-refractivity contribution in [3.8, 4) is 0 Å². The molecular formula is C32H44O6. The van der Waals surface area contributed by atoms with E-state index < -0.39 is 41.7 Å². The highest BCUT2D eigenvalue weighted by Crippen LogP contribution is 2.71. The molecule has 0 aromatic carbocycles. The molecule has 208 valence electrons. The smallest absolute Gasteiger partial charge is 0.331 e. The number of fused-ring (bicyclic) bond motifs is 3. The third-order valence-corrected chi connectivity index (χ3v) is 9.81. The van der Waals surface area contributed by atoms with Crippen LogP contribution in [0.5, 0.6) is 0 Å². The van der Waals surface area contributed by atoms with E-state index in [9.17, 15) is 24.9 Å². The molecule has 2 bridgehead atoms. The van der Waals surface area contributed by atoms with Crippen molar-refractivity contribution in [2.45, 2.75) is 84.5 Å². The maximum atomic E-state index is 14.3. The SMILES string of the molecule is CCCCCC=CC=CC=CC(=O)OC1C(C)=CC23C(=O)C(C=C(CO)C(O)C12O)C1C(CC3C)C1(C)C. The van der Waals surface area contributed by atoms with Crippen molar-refractivity contribution < 1.29 is 29.6 Å². The van der Waals surface area contributed by atoms with Gasteiger partial charge < -0.3 is 20.1 Å². The van der Waals surface area contributed by atoms with Crippen LogP contribution in [-0.2, 0) is 14.3 Å². The van der Waals surface area contributed by atoms with Crippen LogP contribution in [-0.4, -0.2) is 51.5 Å². The number of ether oxygens (including phenoxy) is 1. The predicted molar refractivity (Wildman–Crippen MR) is 147 cm³/mol. The van der Waals surface area contributed by atoms with Crippen LogP contribution < -0.4 is 0 Å². The standard InChI is InChI=1S/C32H44O6/c1-6-7-8-9-10-11-12-13-14-15-25(34)38-29-20(2)18-31-21(3)16-24-26(30(24,4)5)23(28(31)36)17-22(19-33)27(35)32(29,31)37/h10-15,17-18,21,23-24,26-27,29,33,35,37H,6-9,16,19H2,1-5H3. The Labute approximate surface area is 226 Å².